The number of hydrogen-bond acceptors (Lipinski definition) is 5. The molecule has 23 heavy (non-hydrogen) atoms. The summed E-state index contributed by atoms with van der Waals surface area (Å²) in [4.78, 5) is 13.0. The summed E-state index contributed by atoms with van der Waals surface area (Å²) in [6.45, 7) is 3.91. The highest BCUT2D eigenvalue weighted by molar-refractivity contribution is 7.98. The Morgan fingerprint density at radius 3 is 2.43 bits per heavy atom. The molecule has 0 bridgehead atoms. The third kappa shape index (κ3) is 3.36. The Hall–Kier alpha value is -1.97. The highest BCUT2D eigenvalue weighted by Gasteiger charge is 2.29. The van der Waals surface area contributed by atoms with Crippen LogP contribution in [0.15, 0.2) is 29.3 Å². The second-order valence-corrected chi connectivity index (χ2v) is 6.64. The maximum absolute atomic E-state index is 13.0. The molecule has 0 aliphatic rings. The minimum Gasteiger partial charge on any atom is -0.382 e. The Morgan fingerprint density at radius 2 is 2.00 bits per heavy atom. The molecule has 1 aromatic carbocycles. The van der Waals surface area contributed by atoms with Crippen LogP contribution >= 0.6 is 23.4 Å². The number of carbonyl (C=O) groups excluding carboxylic acids is 1. The third-order valence-corrected chi connectivity index (χ3v) is 4.49. The van der Waals surface area contributed by atoms with Gasteiger partial charge in [-0.3, -0.25) is 4.79 Å². The van der Waals surface area contributed by atoms with Crippen molar-refractivity contribution in [1.82, 2.24) is 9.78 Å². The summed E-state index contributed by atoms with van der Waals surface area (Å²) in [7, 11) is 0. The average molecular weight is 349 g/mol. The summed E-state index contributed by atoms with van der Waals surface area (Å²) in [5.74, 6) is -0.552. The summed E-state index contributed by atoms with van der Waals surface area (Å²) < 4.78 is 1.14. The van der Waals surface area contributed by atoms with Crippen LogP contribution in [0.5, 0.6) is 0 Å². The predicted molar refractivity (Wildman–Crippen MR) is 92.8 cm³/mol. The first-order valence-electron chi connectivity index (χ1n) is 7.03. The fourth-order valence-corrected chi connectivity index (χ4v) is 3.08. The smallest absolute Gasteiger partial charge is 0.256 e. The molecule has 0 saturated heterocycles. The van der Waals surface area contributed by atoms with E-state index in [1.807, 2.05) is 32.0 Å². The number of halogens is 1. The normalized spacial score (nSPS) is 12.2. The number of hydrogen-bond donors (Lipinski definition) is 1. The van der Waals surface area contributed by atoms with Gasteiger partial charge >= 0.3 is 0 Å². The largest absolute Gasteiger partial charge is 0.382 e. The van der Waals surface area contributed by atoms with Gasteiger partial charge in [-0.2, -0.15) is 15.0 Å². The van der Waals surface area contributed by atoms with Crippen LogP contribution in [0.25, 0.3) is 0 Å². The molecule has 0 saturated carbocycles. The highest BCUT2D eigenvalue weighted by atomic mass is 35.5. The van der Waals surface area contributed by atoms with Gasteiger partial charge < -0.3 is 5.73 Å². The van der Waals surface area contributed by atoms with Crippen molar-refractivity contribution >= 4 is 35.1 Å². The first-order valence-corrected chi connectivity index (χ1v) is 8.63. The lowest BCUT2D eigenvalue weighted by molar-refractivity contribution is 0.0839. The molecule has 0 amide bonds. The summed E-state index contributed by atoms with van der Waals surface area (Å²) in [5, 5.41) is 14.5. The Kier molecular flexibility index (Phi) is 5.34. The summed E-state index contributed by atoms with van der Waals surface area (Å²) >= 11 is 7.20. The summed E-state index contributed by atoms with van der Waals surface area (Å²) in [5.41, 5.74) is 7.04. The quantitative estimate of drug-likeness (QED) is 0.849. The van der Waals surface area contributed by atoms with Gasteiger partial charge in [0.25, 0.3) is 5.91 Å². The minimum atomic E-state index is -0.421. The van der Waals surface area contributed by atoms with Crippen molar-refractivity contribution in [3.63, 3.8) is 0 Å². The van der Waals surface area contributed by atoms with E-state index in [1.165, 1.54) is 11.8 Å². The van der Waals surface area contributed by atoms with E-state index in [9.17, 15) is 10.1 Å². The molecular weight excluding hydrogens is 332 g/mol. The van der Waals surface area contributed by atoms with Crippen molar-refractivity contribution in [2.45, 2.75) is 24.8 Å². The number of rotatable bonds is 4. The number of benzene rings is 1. The third-order valence-electron chi connectivity index (χ3n) is 3.56. The molecule has 0 unspecified atom stereocenters. The zero-order valence-corrected chi connectivity index (χ0v) is 14.6. The molecule has 0 spiro atoms. The summed E-state index contributed by atoms with van der Waals surface area (Å²) in [6, 6.07) is 9.16. The Balaban J connectivity index is 2.49. The molecule has 0 radical (unpaired) electrons. The van der Waals surface area contributed by atoms with E-state index in [0.29, 0.717) is 10.0 Å². The molecule has 120 valence electrons. The molecule has 7 heteroatoms. The zero-order chi connectivity index (χ0) is 17.1. The van der Waals surface area contributed by atoms with Crippen LogP contribution in [0.4, 0.5) is 5.82 Å². The molecule has 1 aromatic heterocycles. The van der Waals surface area contributed by atoms with Gasteiger partial charge in [-0.05, 0) is 29.9 Å². The van der Waals surface area contributed by atoms with E-state index in [2.05, 4.69) is 5.10 Å². The fraction of sp³-hybridized carbons (Fsp3) is 0.312. The van der Waals surface area contributed by atoms with Gasteiger partial charge in [-0.25, -0.2) is 0 Å². The van der Waals surface area contributed by atoms with Gasteiger partial charge in [0.2, 0.25) is 0 Å². The number of aromatic nitrogens is 2. The van der Waals surface area contributed by atoms with Gasteiger partial charge in [-0.1, -0.05) is 37.6 Å². The van der Waals surface area contributed by atoms with E-state index < -0.39 is 5.92 Å². The fourth-order valence-electron chi connectivity index (χ4n) is 2.44. The van der Waals surface area contributed by atoms with Crippen molar-refractivity contribution in [2.75, 3.05) is 12.0 Å². The van der Waals surface area contributed by atoms with E-state index in [4.69, 9.17) is 17.3 Å². The van der Waals surface area contributed by atoms with Gasteiger partial charge in [0.15, 0.2) is 0 Å². The first-order chi connectivity index (χ1) is 10.9. The second kappa shape index (κ2) is 7.07. The number of nitrogen functional groups attached to an aromatic ring is 1. The molecular formula is C16H17ClN4OS. The lowest BCUT2D eigenvalue weighted by Crippen LogP contribution is -2.26. The van der Waals surface area contributed by atoms with Crippen LogP contribution in [0, 0.1) is 17.2 Å². The Morgan fingerprint density at radius 1 is 1.39 bits per heavy atom. The molecule has 2 rings (SSSR count). The van der Waals surface area contributed by atoms with Crippen molar-refractivity contribution in [1.29, 1.82) is 5.26 Å². The van der Waals surface area contributed by atoms with Gasteiger partial charge in [0.1, 0.15) is 22.5 Å². The SMILES string of the molecule is CSc1nn(C(=O)[C@@H](c2ccc(Cl)cc2)C(C)C)c(N)c1C#N. The Labute approximate surface area is 144 Å². The summed E-state index contributed by atoms with van der Waals surface area (Å²) in [6.07, 6.45) is 1.79. The number of carbonyl (C=O) groups is 1. The van der Waals surface area contributed by atoms with Crippen molar-refractivity contribution in [2.24, 2.45) is 5.92 Å². The average Bonchev–Trinajstić information content (AvgIpc) is 2.84. The van der Waals surface area contributed by atoms with Crippen molar-refractivity contribution in [3.8, 4) is 6.07 Å². The molecule has 2 aromatic rings. The van der Waals surface area contributed by atoms with Crippen LogP contribution < -0.4 is 5.73 Å². The lowest BCUT2D eigenvalue weighted by Gasteiger charge is -2.20. The van der Waals surface area contributed by atoms with E-state index in [1.54, 1.807) is 18.4 Å². The highest BCUT2D eigenvalue weighted by Crippen LogP contribution is 2.30. The number of nitrogens with two attached hydrogens (primary N) is 1. The number of nitriles is 1. The Bertz CT molecular complexity index is 762. The molecule has 1 atom stereocenters. The monoisotopic (exact) mass is 348 g/mol. The lowest BCUT2D eigenvalue weighted by atomic mass is 9.87. The van der Waals surface area contributed by atoms with Crippen LogP contribution in [0.1, 0.15) is 35.7 Å². The first kappa shape index (κ1) is 17.4. The van der Waals surface area contributed by atoms with Crippen LogP contribution in [-0.4, -0.2) is 21.9 Å². The van der Waals surface area contributed by atoms with Gasteiger partial charge in [0.05, 0.1) is 5.92 Å². The van der Waals surface area contributed by atoms with Gasteiger partial charge in [-0.15, -0.1) is 11.8 Å². The molecule has 1 heterocycles. The molecule has 5 nitrogen and oxygen atoms in total. The van der Waals surface area contributed by atoms with Crippen LogP contribution in [-0.2, 0) is 0 Å². The number of nitrogens with zero attached hydrogens (tertiary/aromatic N) is 3. The minimum absolute atomic E-state index is 0.0375. The maximum atomic E-state index is 13.0. The van der Waals surface area contributed by atoms with Crippen LogP contribution in [0.3, 0.4) is 0 Å². The second-order valence-electron chi connectivity index (χ2n) is 5.40. The standard InChI is InChI=1S/C16H17ClN4OS/c1-9(2)13(10-4-6-11(17)7-5-10)16(22)21-14(19)12(8-18)15(20-21)23-3/h4-7,9,13H,19H2,1-3H3/t13-/m1/s1. The molecule has 0 aliphatic carbocycles. The molecule has 2 N–H and O–H groups in total. The predicted octanol–water partition coefficient (Wildman–Crippen LogP) is 3.79. The van der Waals surface area contributed by atoms with Gasteiger partial charge in [0, 0.05) is 5.02 Å². The van der Waals surface area contributed by atoms with Crippen molar-refractivity contribution in [3.05, 3.63) is 40.4 Å². The number of thioether (sulfide) groups is 1. The maximum Gasteiger partial charge on any atom is 0.256 e. The van der Waals surface area contributed by atoms with E-state index in [-0.39, 0.29) is 23.2 Å². The van der Waals surface area contributed by atoms with Crippen molar-refractivity contribution < 1.29 is 4.79 Å². The topological polar surface area (TPSA) is 84.7 Å². The van der Waals surface area contributed by atoms with E-state index in [0.717, 1.165) is 10.2 Å². The van der Waals surface area contributed by atoms with Crippen LogP contribution in [0.2, 0.25) is 5.02 Å². The molecule has 0 aliphatic heterocycles. The van der Waals surface area contributed by atoms with E-state index >= 15 is 0 Å². The number of anilines is 1. The zero-order valence-electron chi connectivity index (χ0n) is 13.1. The molecule has 0 fully saturated rings.